The average Bonchev–Trinajstić information content (AvgIpc) is 2.75. The monoisotopic (exact) mass is 483 g/mol. The van der Waals surface area contributed by atoms with Gasteiger partial charge in [-0.1, -0.05) is 41.4 Å². The summed E-state index contributed by atoms with van der Waals surface area (Å²) in [4.78, 5) is 14.7. The molecule has 1 heterocycles. The van der Waals surface area contributed by atoms with Gasteiger partial charge in [0.1, 0.15) is 0 Å². The summed E-state index contributed by atoms with van der Waals surface area (Å²) in [5.74, 6) is -0.652. The third kappa shape index (κ3) is 6.35. The van der Waals surface area contributed by atoms with Crippen molar-refractivity contribution in [2.45, 2.75) is 25.1 Å². The predicted octanol–water partition coefficient (Wildman–Crippen LogP) is 3.92. The highest BCUT2D eigenvalue weighted by atomic mass is 35.5. The van der Waals surface area contributed by atoms with Crippen molar-refractivity contribution in [2.24, 2.45) is 5.92 Å². The summed E-state index contributed by atoms with van der Waals surface area (Å²) in [5, 5.41) is 3.65. The number of hydrogen-bond donors (Lipinski definition) is 1. The Kier molecular flexibility index (Phi) is 7.86. The van der Waals surface area contributed by atoms with E-state index in [9.17, 15) is 13.2 Å². The Hall–Kier alpha value is -1.80. The van der Waals surface area contributed by atoms with Gasteiger partial charge in [-0.15, -0.1) is 0 Å². The van der Waals surface area contributed by atoms with Crippen molar-refractivity contribution < 1.29 is 13.2 Å². The molecule has 1 amide bonds. The molecule has 0 spiro atoms. The van der Waals surface area contributed by atoms with Crippen LogP contribution in [-0.2, 0) is 27.1 Å². The van der Waals surface area contributed by atoms with Gasteiger partial charge in [0.2, 0.25) is 15.9 Å². The Balaban J connectivity index is 1.58. The van der Waals surface area contributed by atoms with Crippen LogP contribution < -0.4 is 10.2 Å². The first-order chi connectivity index (χ1) is 14.7. The van der Waals surface area contributed by atoms with E-state index in [1.54, 1.807) is 18.2 Å². The average molecular weight is 484 g/mol. The standard InChI is InChI=1S/C22H27Cl2N3O3S/c1-26(2)19-8-5-16(6-9-19)13-25-22(28)18-4-3-11-27(14-18)31(29,30)15-17-7-10-20(23)21(24)12-17/h5-10,12,18H,3-4,11,13-15H2,1-2H3,(H,25,28). The summed E-state index contributed by atoms with van der Waals surface area (Å²) < 4.78 is 27.2. The molecule has 0 radical (unpaired) electrons. The van der Waals surface area contributed by atoms with E-state index in [4.69, 9.17) is 23.2 Å². The van der Waals surface area contributed by atoms with Crippen LogP contribution in [0.2, 0.25) is 10.0 Å². The highest BCUT2D eigenvalue weighted by Crippen LogP contribution is 2.26. The number of carbonyl (C=O) groups is 1. The summed E-state index contributed by atoms with van der Waals surface area (Å²) in [6.45, 7) is 1.02. The van der Waals surface area contributed by atoms with Crippen molar-refractivity contribution in [3.05, 3.63) is 63.6 Å². The molecule has 9 heteroatoms. The van der Waals surface area contributed by atoms with Crippen molar-refractivity contribution in [1.82, 2.24) is 9.62 Å². The van der Waals surface area contributed by atoms with Crippen molar-refractivity contribution >= 4 is 44.8 Å². The van der Waals surface area contributed by atoms with Gasteiger partial charge in [0.25, 0.3) is 0 Å². The van der Waals surface area contributed by atoms with Crippen LogP contribution in [0.1, 0.15) is 24.0 Å². The number of sulfonamides is 1. The third-order valence-electron chi connectivity index (χ3n) is 5.40. The maximum absolute atomic E-state index is 12.9. The lowest BCUT2D eigenvalue weighted by Crippen LogP contribution is -2.45. The molecule has 6 nitrogen and oxygen atoms in total. The molecule has 1 N–H and O–H groups in total. The van der Waals surface area contributed by atoms with Crippen molar-refractivity contribution in [3.63, 3.8) is 0 Å². The number of nitrogens with zero attached hydrogens (tertiary/aromatic N) is 2. The van der Waals surface area contributed by atoms with Gasteiger partial charge in [-0.05, 0) is 48.2 Å². The summed E-state index contributed by atoms with van der Waals surface area (Å²) in [6.07, 6.45) is 1.32. The molecule has 1 saturated heterocycles. The van der Waals surface area contributed by atoms with Crippen LogP contribution in [0.5, 0.6) is 0 Å². The van der Waals surface area contributed by atoms with E-state index in [-0.39, 0.29) is 24.1 Å². The van der Waals surface area contributed by atoms with E-state index >= 15 is 0 Å². The van der Waals surface area contributed by atoms with E-state index in [1.165, 1.54) is 4.31 Å². The van der Waals surface area contributed by atoms with Crippen LogP contribution >= 0.6 is 23.2 Å². The number of halogens is 2. The highest BCUT2D eigenvalue weighted by Gasteiger charge is 2.32. The third-order valence-corrected chi connectivity index (χ3v) is 7.96. The molecule has 2 aromatic rings. The van der Waals surface area contributed by atoms with E-state index in [0.29, 0.717) is 41.5 Å². The summed E-state index contributed by atoms with van der Waals surface area (Å²) in [7, 11) is 0.381. The number of amides is 1. The van der Waals surface area contributed by atoms with Crippen LogP contribution in [0.15, 0.2) is 42.5 Å². The van der Waals surface area contributed by atoms with Crippen LogP contribution in [0.4, 0.5) is 5.69 Å². The quantitative estimate of drug-likeness (QED) is 0.647. The molecule has 1 atom stereocenters. The fourth-order valence-electron chi connectivity index (χ4n) is 3.59. The van der Waals surface area contributed by atoms with Gasteiger partial charge in [0.05, 0.1) is 21.7 Å². The van der Waals surface area contributed by atoms with Crippen molar-refractivity contribution in [2.75, 3.05) is 32.1 Å². The summed E-state index contributed by atoms with van der Waals surface area (Å²) in [6, 6.07) is 12.8. The lowest BCUT2D eigenvalue weighted by atomic mass is 9.99. The molecule has 1 aliphatic rings. The first-order valence-electron chi connectivity index (χ1n) is 10.1. The van der Waals surface area contributed by atoms with Gasteiger partial charge in [0.15, 0.2) is 0 Å². The Bertz CT molecular complexity index is 1030. The van der Waals surface area contributed by atoms with E-state index in [1.807, 2.05) is 43.3 Å². The lowest BCUT2D eigenvalue weighted by molar-refractivity contribution is -0.126. The van der Waals surface area contributed by atoms with E-state index < -0.39 is 10.0 Å². The van der Waals surface area contributed by atoms with Crippen molar-refractivity contribution in [3.8, 4) is 0 Å². The fraction of sp³-hybridized carbons (Fsp3) is 0.409. The second-order valence-electron chi connectivity index (χ2n) is 7.98. The topological polar surface area (TPSA) is 69.7 Å². The van der Waals surface area contributed by atoms with Gasteiger partial charge in [-0.3, -0.25) is 4.79 Å². The summed E-state index contributed by atoms with van der Waals surface area (Å²) >= 11 is 11.9. The largest absolute Gasteiger partial charge is 0.378 e. The molecular formula is C22H27Cl2N3O3S. The zero-order valence-corrected chi connectivity index (χ0v) is 20.0. The minimum Gasteiger partial charge on any atom is -0.378 e. The molecule has 168 valence electrons. The van der Waals surface area contributed by atoms with Gasteiger partial charge in [-0.2, -0.15) is 0 Å². The van der Waals surface area contributed by atoms with Gasteiger partial charge >= 0.3 is 0 Å². The molecule has 0 aliphatic carbocycles. The van der Waals surface area contributed by atoms with E-state index in [0.717, 1.165) is 11.3 Å². The van der Waals surface area contributed by atoms with Gasteiger partial charge < -0.3 is 10.2 Å². The fourth-order valence-corrected chi connectivity index (χ4v) is 5.50. The molecular weight excluding hydrogens is 457 g/mol. The van der Waals surface area contributed by atoms with Crippen LogP contribution in [0.3, 0.4) is 0 Å². The Labute approximate surface area is 194 Å². The van der Waals surface area contributed by atoms with E-state index in [2.05, 4.69) is 5.32 Å². The summed E-state index contributed by atoms with van der Waals surface area (Å²) in [5.41, 5.74) is 2.66. The van der Waals surface area contributed by atoms with Crippen LogP contribution in [0.25, 0.3) is 0 Å². The lowest BCUT2D eigenvalue weighted by Gasteiger charge is -2.31. The molecule has 0 aromatic heterocycles. The molecule has 1 unspecified atom stereocenters. The Morgan fingerprint density at radius 3 is 2.42 bits per heavy atom. The number of nitrogens with one attached hydrogen (secondary N) is 1. The molecule has 3 rings (SSSR count). The number of carbonyl (C=O) groups excluding carboxylic acids is 1. The molecule has 0 saturated carbocycles. The van der Waals surface area contributed by atoms with Crippen LogP contribution in [-0.4, -0.2) is 45.8 Å². The first kappa shape index (κ1) is 23.9. The van der Waals surface area contributed by atoms with Gasteiger partial charge in [-0.25, -0.2) is 12.7 Å². The van der Waals surface area contributed by atoms with Gasteiger partial charge in [0, 0.05) is 39.4 Å². The normalized spacial score (nSPS) is 17.4. The molecule has 1 aliphatic heterocycles. The maximum Gasteiger partial charge on any atom is 0.224 e. The first-order valence-corrected chi connectivity index (χ1v) is 12.5. The minimum atomic E-state index is -3.57. The minimum absolute atomic E-state index is 0.119. The number of rotatable bonds is 7. The molecule has 2 aromatic carbocycles. The zero-order chi connectivity index (χ0) is 22.6. The second-order valence-corrected chi connectivity index (χ2v) is 10.8. The van der Waals surface area contributed by atoms with Crippen LogP contribution in [0, 0.1) is 5.92 Å². The highest BCUT2D eigenvalue weighted by molar-refractivity contribution is 7.88. The molecule has 31 heavy (non-hydrogen) atoms. The number of anilines is 1. The Morgan fingerprint density at radius 2 is 1.77 bits per heavy atom. The molecule has 1 fully saturated rings. The Morgan fingerprint density at radius 1 is 1.10 bits per heavy atom. The number of benzene rings is 2. The number of hydrogen-bond acceptors (Lipinski definition) is 4. The number of piperidine rings is 1. The smallest absolute Gasteiger partial charge is 0.224 e. The predicted molar refractivity (Wildman–Crippen MR) is 126 cm³/mol. The zero-order valence-electron chi connectivity index (χ0n) is 17.6. The molecule has 0 bridgehead atoms. The maximum atomic E-state index is 12.9. The second kappa shape index (κ2) is 10.2. The SMILES string of the molecule is CN(C)c1ccc(CNC(=O)C2CCCN(S(=O)(=O)Cc3ccc(Cl)c(Cl)c3)C2)cc1. The van der Waals surface area contributed by atoms with Crippen molar-refractivity contribution in [1.29, 1.82) is 0 Å².